The molecule has 0 radical (unpaired) electrons. The van der Waals surface area contributed by atoms with Gasteiger partial charge in [0.15, 0.2) is 0 Å². The van der Waals surface area contributed by atoms with E-state index in [1.807, 2.05) is 29.6 Å². The van der Waals surface area contributed by atoms with Crippen molar-refractivity contribution in [2.75, 3.05) is 5.43 Å². The second-order valence-corrected chi connectivity index (χ2v) is 6.20. The van der Waals surface area contributed by atoms with Gasteiger partial charge in [-0.15, -0.1) is 11.3 Å². The highest BCUT2D eigenvalue weighted by Gasteiger charge is 2.04. The number of H-pyrrole nitrogens is 1. The zero-order valence-corrected chi connectivity index (χ0v) is 13.7. The third kappa shape index (κ3) is 3.49. The van der Waals surface area contributed by atoms with Gasteiger partial charge in [0.25, 0.3) is 0 Å². The molecule has 0 amide bonds. The molecule has 3 rings (SSSR count). The molecule has 106 valence electrons. The maximum atomic E-state index is 5.87. The number of halogens is 2. The fraction of sp³-hybridized carbons (Fsp3) is 0. The number of nitrogens with one attached hydrogen (secondary N) is 2. The second-order valence-electron chi connectivity index (χ2n) is 4.05. The minimum atomic E-state index is 0.710. The predicted octanol–water partition coefficient (Wildman–Crippen LogP) is 4.40. The van der Waals surface area contributed by atoms with Crippen LogP contribution in [0.4, 0.5) is 5.13 Å². The summed E-state index contributed by atoms with van der Waals surface area (Å²) in [5, 5.41) is 14.2. The van der Waals surface area contributed by atoms with E-state index in [-0.39, 0.29) is 0 Å². The number of aromatic amines is 1. The molecule has 21 heavy (non-hydrogen) atoms. The molecule has 2 aromatic heterocycles. The number of hydrogen-bond acceptors (Lipinski definition) is 5. The summed E-state index contributed by atoms with van der Waals surface area (Å²) in [5.74, 6) is 0. The number of thiazole rings is 1. The quantitative estimate of drug-likeness (QED) is 0.519. The first kappa shape index (κ1) is 14.2. The van der Waals surface area contributed by atoms with Crippen molar-refractivity contribution in [3.8, 4) is 11.3 Å². The molecule has 2 heterocycles. The van der Waals surface area contributed by atoms with Gasteiger partial charge in [-0.3, -0.25) is 10.5 Å². The lowest BCUT2D eigenvalue weighted by molar-refractivity contribution is 1.08. The topological polar surface area (TPSA) is 66.0 Å². The fourth-order valence-corrected chi connectivity index (χ4v) is 2.69. The van der Waals surface area contributed by atoms with E-state index in [2.05, 4.69) is 41.6 Å². The van der Waals surface area contributed by atoms with E-state index in [1.54, 1.807) is 12.4 Å². The molecular formula is C13H9BrClN5S. The van der Waals surface area contributed by atoms with E-state index >= 15 is 0 Å². The molecule has 8 heteroatoms. The third-order valence-electron chi connectivity index (χ3n) is 2.62. The number of anilines is 1. The predicted molar refractivity (Wildman–Crippen MR) is 90.1 cm³/mol. The maximum Gasteiger partial charge on any atom is 0.203 e. The molecule has 3 aromatic rings. The Bertz CT molecular complexity index is 765. The Morgan fingerprint density at radius 1 is 1.33 bits per heavy atom. The first-order valence-electron chi connectivity index (χ1n) is 5.92. The first-order valence-corrected chi connectivity index (χ1v) is 7.97. The van der Waals surface area contributed by atoms with Crippen molar-refractivity contribution in [3.63, 3.8) is 0 Å². The molecule has 0 spiro atoms. The van der Waals surface area contributed by atoms with E-state index in [9.17, 15) is 0 Å². The minimum absolute atomic E-state index is 0.710. The van der Waals surface area contributed by atoms with Crippen LogP contribution in [0.15, 0.2) is 45.4 Å². The lowest BCUT2D eigenvalue weighted by Crippen LogP contribution is -1.91. The Hall–Kier alpha value is -1.70. The molecule has 1 aromatic carbocycles. The van der Waals surface area contributed by atoms with Crippen molar-refractivity contribution in [1.82, 2.24) is 15.2 Å². The summed E-state index contributed by atoms with van der Waals surface area (Å²) in [4.78, 5) is 4.46. The van der Waals surface area contributed by atoms with Gasteiger partial charge in [0.2, 0.25) is 5.13 Å². The van der Waals surface area contributed by atoms with Crippen LogP contribution in [0.2, 0.25) is 5.02 Å². The van der Waals surface area contributed by atoms with Crippen molar-refractivity contribution in [2.45, 2.75) is 0 Å². The number of hydrogen-bond donors (Lipinski definition) is 2. The van der Waals surface area contributed by atoms with Crippen molar-refractivity contribution in [1.29, 1.82) is 0 Å². The van der Waals surface area contributed by atoms with Gasteiger partial charge < -0.3 is 0 Å². The average molecular weight is 383 g/mol. The molecule has 0 bridgehead atoms. The van der Waals surface area contributed by atoms with Crippen LogP contribution in [0.3, 0.4) is 0 Å². The molecule has 5 nitrogen and oxygen atoms in total. The van der Waals surface area contributed by atoms with Gasteiger partial charge in [-0.25, -0.2) is 4.98 Å². The van der Waals surface area contributed by atoms with Crippen LogP contribution >= 0.6 is 38.9 Å². The van der Waals surface area contributed by atoms with Crippen LogP contribution in [0.5, 0.6) is 0 Å². The zero-order valence-electron chi connectivity index (χ0n) is 10.5. The van der Waals surface area contributed by atoms with Crippen LogP contribution in [0.25, 0.3) is 11.3 Å². The van der Waals surface area contributed by atoms with Crippen LogP contribution in [0.1, 0.15) is 5.69 Å². The van der Waals surface area contributed by atoms with Crippen molar-refractivity contribution in [2.24, 2.45) is 5.10 Å². The summed E-state index contributed by atoms with van der Waals surface area (Å²) >= 11 is 10.7. The number of rotatable bonds is 4. The molecule has 0 fully saturated rings. The number of aromatic nitrogens is 3. The number of benzene rings is 1. The Morgan fingerprint density at radius 2 is 2.14 bits per heavy atom. The Balaban J connectivity index is 1.69. The monoisotopic (exact) mass is 381 g/mol. The second kappa shape index (κ2) is 6.38. The Labute approximate surface area is 138 Å². The zero-order chi connectivity index (χ0) is 14.7. The number of nitrogens with zero attached hydrogens (tertiary/aromatic N) is 3. The maximum absolute atomic E-state index is 5.87. The van der Waals surface area contributed by atoms with Crippen molar-refractivity contribution in [3.05, 3.63) is 51.0 Å². The summed E-state index contributed by atoms with van der Waals surface area (Å²) in [6.45, 7) is 0. The van der Waals surface area contributed by atoms with E-state index in [4.69, 9.17) is 11.6 Å². The van der Waals surface area contributed by atoms with Gasteiger partial charge in [-0.05, 0) is 28.1 Å². The van der Waals surface area contributed by atoms with Crippen LogP contribution in [-0.2, 0) is 0 Å². The van der Waals surface area contributed by atoms with Gasteiger partial charge in [-0.2, -0.15) is 10.2 Å². The molecule has 0 aliphatic rings. The van der Waals surface area contributed by atoms with Crippen molar-refractivity contribution < 1.29 is 0 Å². The first-order chi connectivity index (χ1) is 10.2. The van der Waals surface area contributed by atoms with E-state index in [0.717, 1.165) is 21.4 Å². The highest BCUT2D eigenvalue weighted by molar-refractivity contribution is 9.10. The SMILES string of the molecule is Clc1ccc(-c2csc(NN=Cc3[nH]ncc3Br)n2)cc1. The highest BCUT2D eigenvalue weighted by atomic mass is 79.9. The lowest BCUT2D eigenvalue weighted by Gasteiger charge is -1.96. The molecular weight excluding hydrogens is 374 g/mol. The summed E-state index contributed by atoms with van der Waals surface area (Å²) in [6.07, 6.45) is 3.31. The summed E-state index contributed by atoms with van der Waals surface area (Å²) in [7, 11) is 0. The molecule has 0 atom stereocenters. The summed E-state index contributed by atoms with van der Waals surface area (Å²) in [6, 6.07) is 7.56. The molecule has 0 unspecified atom stereocenters. The van der Waals surface area contributed by atoms with E-state index in [0.29, 0.717) is 10.2 Å². The highest BCUT2D eigenvalue weighted by Crippen LogP contribution is 2.25. The van der Waals surface area contributed by atoms with Crippen molar-refractivity contribution >= 4 is 50.2 Å². The number of hydrazone groups is 1. The fourth-order valence-electron chi connectivity index (χ4n) is 1.60. The van der Waals surface area contributed by atoms with Gasteiger partial charge in [-0.1, -0.05) is 23.7 Å². The third-order valence-corrected chi connectivity index (χ3v) is 4.25. The van der Waals surface area contributed by atoms with Crippen LogP contribution in [-0.4, -0.2) is 21.4 Å². The normalized spacial score (nSPS) is 11.1. The average Bonchev–Trinajstić information content (AvgIpc) is 3.10. The van der Waals surface area contributed by atoms with Gasteiger partial charge >= 0.3 is 0 Å². The van der Waals surface area contributed by atoms with Crippen LogP contribution < -0.4 is 5.43 Å². The minimum Gasteiger partial charge on any atom is -0.276 e. The van der Waals surface area contributed by atoms with Gasteiger partial charge in [0, 0.05) is 16.0 Å². The molecule has 2 N–H and O–H groups in total. The van der Waals surface area contributed by atoms with E-state index < -0.39 is 0 Å². The molecule has 0 saturated carbocycles. The van der Waals surface area contributed by atoms with Gasteiger partial charge in [0.1, 0.15) is 0 Å². The lowest BCUT2D eigenvalue weighted by atomic mass is 10.2. The molecule has 0 saturated heterocycles. The smallest absolute Gasteiger partial charge is 0.203 e. The summed E-state index contributed by atoms with van der Waals surface area (Å²) < 4.78 is 0.856. The standard InChI is InChI=1S/C13H9BrClN5S/c14-10-5-16-19-11(10)6-17-20-13-18-12(7-21-13)8-1-3-9(15)4-2-8/h1-7H,(H,16,19)(H,18,20). The van der Waals surface area contributed by atoms with Gasteiger partial charge in [0.05, 0.1) is 28.3 Å². The van der Waals surface area contributed by atoms with E-state index in [1.165, 1.54) is 11.3 Å². The van der Waals surface area contributed by atoms with Crippen LogP contribution in [0, 0.1) is 0 Å². The Morgan fingerprint density at radius 3 is 2.86 bits per heavy atom. The summed E-state index contributed by atoms with van der Waals surface area (Å²) in [5.41, 5.74) is 5.59. The largest absolute Gasteiger partial charge is 0.276 e. The molecule has 0 aliphatic carbocycles. The molecule has 0 aliphatic heterocycles. The Kier molecular flexibility index (Phi) is 4.33.